The lowest BCUT2D eigenvalue weighted by atomic mass is 10.1. The van der Waals surface area contributed by atoms with Gasteiger partial charge in [0.25, 0.3) is 11.1 Å². The number of nitrogens with zero attached hydrogens (tertiary/aromatic N) is 4. The highest BCUT2D eigenvalue weighted by Crippen LogP contribution is 2.25. The van der Waals surface area contributed by atoms with Crippen molar-refractivity contribution in [1.29, 1.82) is 0 Å². The number of thioether (sulfide) groups is 1. The van der Waals surface area contributed by atoms with Crippen LogP contribution >= 0.6 is 35.0 Å². The summed E-state index contributed by atoms with van der Waals surface area (Å²) in [5, 5.41) is 12.4. The van der Waals surface area contributed by atoms with Crippen molar-refractivity contribution in [2.24, 2.45) is 0 Å². The largest absolute Gasteiger partial charge is 0.411 e. The SMILES string of the molecule is O=C(CSc1nnc(-c2ccc(Cl)cc2)o1)Nc1ccc(N2CCN(C(=O)c3ccc(Cl)cc3)CC2)cc1. The van der Waals surface area contributed by atoms with Gasteiger partial charge < -0.3 is 19.5 Å². The summed E-state index contributed by atoms with van der Waals surface area (Å²) in [6.07, 6.45) is 0. The third-order valence-corrected chi connectivity index (χ3v) is 7.32. The van der Waals surface area contributed by atoms with E-state index in [1.165, 1.54) is 11.8 Å². The molecule has 0 atom stereocenters. The van der Waals surface area contributed by atoms with Gasteiger partial charge in [0.2, 0.25) is 11.8 Å². The zero-order chi connectivity index (χ0) is 26.5. The van der Waals surface area contributed by atoms with Gasteiger partial charge in [-0.3, -0.25) is 9.59 Å². The molecule has 0 bridgehead atoms. The Balaban J connectivity index is 1.08. The van der Waals surface area contributed by atoms with E-state index in [4.69, 9.17) is 27.6 Å². The van der Waals surface area contributed by atoms with Crippen molar-refractivity contribution in [3.8, 4) is 11.5 Å². The molecule has 1 aliphatic heterocycles. The minimum atomic E-state index is -0.177. The highest BCUT2D eigenvalue weighted by Gasteiger charge is 2.22. The van der Waals surface area contributed by atoms with Gasteiger partial charge >= 0.3 is 0 Å². The Morgan fingerprint density at radius 2 is 1.47 bits per heavy atom. The molecule has 3 aromatic carbocycles. The van der Waals surface area contributed by atoms with Gasteiger partial charge in [-0.25, -0.2) is 0 Å². The molecular weight excluding hydrogens is 545 g/mol. The summed E-state index contributed by atoms with van der Waals surface area (Å²) in [6, 6.07) is 21.7. The quantitative estimate of drug-likeness (QED) is 0.285. The third-order valence-electron chi connectivity index (χ3n) is 6.00. The first-order chi connectivity index (χ1) is 18.4. The summed E-state index contributed by atoms with van der Waals surface area (Å²) in [5.74, 6) is 0.339. The number of aromatic nitrogens is 2. The Labute approximate surface area is 233 Å². The number of hydrogen-bond acceptors (Lipinski definition) is 7. The van der Waals surface area contributed by atoms with Crippen LogP contribution in [0.1, 0.15) is 10.4 Å². The Kier molecular flexibility index (Phi) is 8.17. The van der Waals surface area contributed by atoms with Crippen molar-refractivity contribution in [1.82, 2.24) is 15.1 Å². The van der Waals surface area contributed by atoms with Crippen LogP contribution in [0.5, 0.6) is 0 Å². The molecule has 1 fully saturated rings. The number of amides is 2. The van der Waals surface area contributed by atoms with E-state index in [1.807, 2.05) is 29.2 Å². The van der Waals surface area contributed by atoms with Crippen LogP contribution in [0.2, 0.25) is 10.0 Å². The predicted molar refractivity (Wildman–Crippen MR) is 150 cm³/mol. The number of carbonyl (C=O) groups excluding carboxylic acids is 2. The highest BCUT2D eigenvalue weighted by atomic mass is 35.5. The van der Waals surface area contributed by atoms with E-state index in [-0.39, 0.29) is 17.6 Å². The molecule has 1 aliphatic rings. The van der Waals surface area contributed by atoms with E-state index < -0.39 is 0 Å². The molecule has 11 heteroatoms. The summed E-state index contributed by atoms with van der Waals surface area (Å²) in [6.45, 7) is 2.72. The van der Waals surface area contributed by atoms with Crippen LogP contribution in [-0.2, 0) is 4.79 Å². The molecule has 2 amide bonds. The first-order valence-electron chi connectivity index (χ1n) is 11.9. The van der Waals surface area contributed by atoms with Gasteiger partial charge in [-0.1, -0.05) is 35.0 Å². The molecule has 1 aromatic heterocycles. The van der Waals surface area contributed by atoms with Crippen molar-refractivity contribution in [2.75, 3.05) is 42.1 Å². The van der Waals surface area contributed by atoms with Gasteiger partial charge in [0, 0.05) is 58.7 Å². The van der Waals surface area contributed by atoms with Crippen molar-refractivity contribution >= 4 is 58.2 Å². The average Bonchev–Trinajstić information content (AvgIpc) is 3.42. The van der Waals surface area contributed by atoms with E-state index in [0.29, 0.717) is 45.5 Å². The number of piperazine rings is 1. The fourth-order valence-corrected chi connectivity index (χ4v) is 4.82. The molecule has 5 rings (SSSR count). The van der Waals surface area contributed by atoms with E-state index in [9.17, 15) is 9.59 Å². The van der Waals surface area contributed by atoms with Gasteiger partial charge in [-0.15, -0.1) is 10.2 Å². The van der Waals surface area contributed by atoms with Crippen LogP contribution < -0.4 is 10.2 Å². The molecule has 194 valence electrons. The second-order valence-electron chi connectivity index (χ2n) is 8.55. The summed E-state index contributed by atoms with van der Waals surface area (Å²) in [7, 11) is 0. The van der Waals surface area contributed by atoms with Crippen LogP contribution in [0, 0.1) is 0 Å². The number of carbonyl (C=O) groups is 2. The molecule has 0 radical (unpaired) electrons. The number of nitrogens with one attached hydrogen (secondary N) is 1. The monoisotopic (exact) mass is 567 g/mol. The summed E-state index contributed by atoms with van der Waals surface area (Å²) in [5.41, 5.74) is 3.13. The first-order valence-corrected chi connectivity index (χ1v) is 13.6. The summed E-state index contributed by atoms with van der Waals surface area (Å²) < 4.78 is 5.63. The molecule has 0 unspecified atom stereocenters. The Hall–Kier alpha value is -3.53. The molecule has 38 heavy (non-hydrogen) atoms. The lowest BCUT2D eigenvalue weighted by molar-refractivity contribution is -0.113. The molecule has 1 N–H and O–H groups in total. The van der Waals surface area contributed by atoms with Gasteiger partial charge in [-0.05, 0) is 72.8 Å². The van der Waals surface area contributed by atoms with E-state index in [1.54, 1.807) is 48.5 Å². The molecule has 8 nitrogen and oxygen atoms in total. The zero-order valence-electron chi connectivity index (χ0n) is 20.1. The number of benzene rings is 3. The smallest absolute Gasteiger partial charge is 0.277 e. The predicted octanol–water partition coefficient (Wildman–Crippen LogP) is 5.74. The third kappa shape index (κ3) is 6.48. The van der Waals surface area contributed by atoms with Gasteiger partial charge in [0.1, 0.15) is 0 Å². The lowest BCUT2D eigenvalue weighted by Crippen LogP contribution is -2.48. The zero-order valence-corrected chi connectivity index (χ0v) is 22.5. The number of hydrogen-bond donors (Lipinski definition) is 1. The second-order valence-corrected chi connectivity index (χ2v) is 10.3. The standard InChI is InChI=1S/C27H23Cl2N5O3S/c28-20-5-1-18(2-6-20)25-31-32-27(37-25)38-17-24(35)30-22-9-11-23(12-10-22)33-13-15-34(16-14-33)26(36)19-3-7-21(29)8-4-19/h1-12H,13-17H2,(H,30,35). The van der Waals surface area contributed by atoms with Gasteiger partial charge in [0.15, 0.2) is 0 Å². The molecule has 0 saturated carbocycles. The van der Waals surface area contributed by atoms with Crippen LogP contribution in [0.25, 0.3) is 11.5 Å². The highest BCUT2D eigenvalue weighted by molar-refractivity contribution is 7.99. The second kappa shape index (κ2) is 11.9. The van der Waals surface area contributed by atoms with E-state index in [2.05, 4.69) is 20.4 Å². The topological polar surface area (TPSA) is 91.6 Å². The Morgan fingerprint density at radius 3 is 2.13 bits per heavy atom. The average molecular weight is 568 g/mol. The molecule has 2 heterocycles. The van der Waals surface area contributed by atoms with Crippen LogP contribution in [0.3, 0.4) is 0 Å². The molecule has 1 saturated heterocycles. The first kappa shape index (κ1) is 26.1. The minimum Gasteiger partial charge on any atom is -0.411 e. The molecule has 4 aromatic rings. The fraction of sp³-hybridized carbons (Fsp3) is 0.185. The summed E-state index contributed by atoms with van der Waals surface area (Å²) in [4.78, 5) is 29.2. The molecule has 0 aliphatic carbocycles. The maximum Gasteiger partial charge on any atom is 0.277 e. The van der Waals surface area contributed by atoms with Crippen LogP contribution in [0.4, 0.5) is 11.4 Å². The summed E-state index contributed by atoms with van der Waals surface area (Å²) >= 11 is 13.0. The maximum atomic E-state index is 12.7. The lowest BCUT2D eigenvalue weighted by Gasteiger charge is -2.36. The van der Waals surface area contributed by atoms with Gasteiger partial charge in [-0.2, -0.15) is 0 Å². The Bertz CT molecular complexity index is 1400. The Morgan fingerprint density at radius 1 is 0.842 bits per heavy atom. The number of rotatable bonds is 7. The number of anilines is 2. The minimum absolute atomic E-state index is 0.0129. The van der Waals surface area contributed by atoms with Crippen molar-refractivity contribution in [3.05, 3.63) is 88.4 Å². The number of halogens is 2. The van der Waals surface area contributed by atoms with Crippen molar-refractivity contribution in [3.63, 3.8) is 0 Å². The maximum absolute atomic E-state index is 12.7. The van der Waals surface area contributed by atoms with Crippen LogP contribution in [0.15, 0.2) is 82.4 Å². The normalized spacial score (nSPS) is 13.4. The molecular formula is C27H23Cl2N5O3S. The molecule has 0 spiro atoms. The van der Waals surface area contributed by atoms with Crippen molar-refractivity contribution < 1.29 is 14.0 Å². The van der Waals surface area contributed by atoms with E-state index >= 15 is 0 Å². The van der Waals surface area contributed by atoms with Crippen LogP contribution in [-0.4, -0.2) is 58.8 Å². The van der Waals surface area contributed by atoms with E-state index in [0.717, 1.165) is 24.3 Å². The van der Waals surface area contributed by atoms with Crippen molar-refractivity contribution in [2.45, 2.75) is 5.22 Å². The fourth-order valence-electron chi connectivity index (χ4n) is 4.00. The van der Waals surface area contributed by atoms with Gasteiger partial charge in [0.05, 0.1) is 5.75 Å².